The highest BCUT2D eigenvalue weighted by Crippen LogP contribution is 2.20. The number of ether oxygens (including phenoxy) is 1. The molecule has 21 heavy (non-hydrogen) atoms. The Balaban J connectivity index is 2.59. The number of halogens is 4. The van der Waals surface area contributed by atoms with Crippen molar-refractivity contribution in [3.8, 4) is 0 Å². The van der Waals surface area contributed by atoms with Gasteiger partial charge in [0.15, 0.2) is 29.1 Å². The Hall–Kier alpha value is -1.92. The molecule has 3 nitrogen and oxygen atoms in total. The van der Waals surface area contributed by atoms with Gasteiger partial charge in [0.25, 0.3) is 0 Å². The van der Waals surface area contributed by atoms with Crippen molar-refractivity contribution in [3.63, 3.8) is 0 Å². The van der Waals surface area contributed by atoms with Crippen LogP contribution in [0.25, 0.3) is 0 Å². The first-order chi connectivity index (χ1) is 9.88. The molecule has 0 aliphatic rings. The number of carbonyl (C=O) groups is 2. The third kappa shape index (κ3) is 4.54. The number of unbranched alkanes of at least 4 members (excludes halogenated alkanes) is 1. The zero-order valence-electron chi connectivity index (χ0n) is 11.3. The fourth-order valence-corrected chi connectivity index (χ4v) is 1.70. The fourth-order valence-electron chi connectivity index (χ4n) is 1.70. The molecule has 0 spiro atoms. The van der Waals surface area contributed by atoms with Crippen LogP contribution in [0.1, 0.15) is 43.0 Å². The Morgan fingerprint density at radius 2 is 1.62 bits per heavy atom. The molecule has 7 heteroatoms. The minimum atomic E-state index is -2.01. The molecule has 0 atom stereocenters. The van der Waals surface area contributed by atoms with Crippen molar-refractivity contribution in [1.82, 2.24) is 0 Å². The van der Waals surface area contributed by atoms with Gasteiger partial charge in [0, 0.05) is 12.8 Å². The van der Waals surface area contributed by atoms with Crippen LogP contribution in [-0.4, -0.2) is 18.4 Å². The largest absolute Gasteiger partial charge is 0.466 e. The third-order valence-corrected chi connectivity index (χ3v) is 2.74. The Labute approximate surface area is 118 Å². The molecule has 0 aliphatic heterocycles. The summed E-state index contributed by atoms with van der Waals surface area (Å²) >= 11 is 0. The molecule has 0 radical (unpaired) electrons. The summed E-state index contributed by atoms with van der Waals surface area (Å²) in [6.07, 6.45) is 0.423. The molecule has 1 aromatic carbocycles. The van der Waals surface area contributed by atoms with Crippen molar-refractivity contribution in [1.29, 1.82) is 0 Å². The lowest BCUT2D eigenvalue weighted by molar-refractivity contribution is -0.143. The number of Topliss-reactive ketones (excluding diaryl/α,β-unsaturated/α-hetero) is 1. The molecule has 0 heterocycles. The molecule has 0 saturated heterocycles. The minimum Gasteiger partial charge on any atom is -0.466 e. The van der Waals surface area contributed by atoms with Crippen LogP contribution in [0.2, 0.25) is 0 Å². The lowest BCUT2D eigenvalue weighted by Crippen LogP contribution is -2.09. The van der Waals surface area contributed by atoms with Crippen molar-refractivity contribution in [2.45, 2.75) is 32.6 Å². The summed E-state index contributed by atoms with van der Waals surface area (Å²) in [4.78, 5) is 22.7. The summed E-state index contributed by atoms with van der Waals surface area (Å²) in [5.41, 5.74) is -0.831. The van der Waals surface area contributed by atoms with Crippen LogP contribution in [0.4, 0.5) is 17.6 Å². The van der Waals surface area contributed by atoms with E-state index in [0.717, 1.165) is 0 Å². The summed E-state index contributed by atoms with van der Waals surface area (Å²) in [6, 6.07) is 0.335. The molecule has 0 fully saturated rings. The van der Waals surface area contributed by atoms with E-state index in [1.165, 1.54) is 0 Å². The van der Waals surface area contributed by atoms with E-state index >= 15 is 0 Å². The van der Waals surface area contributed by atoms with E-state index < -0.39 is 40.6 Å². The number of benzene rings is 1. The smallest absolute Gasteiger partial charge is 0.305 e. The van der Waals surface area contributed by atoms with Gasteiger partial charge in [0.2, 0.25) is 0 Å². The van der Waals surface area contributed by atoms with Gasteiger partial charge in [0.1, 0.15) is 0 Å². The van der Waals surface area contributed by atoms with E-state index in [0.29, 0.717) is 12.5 Å². The number of esters is 1. The first-order valence-electron chi connectivity index (χ1n) is 6.40. The summed E-state index contributed by atoms with van der Waals surface area (Å²) < 4.78 is 56.7. The standard InChI is InChI=1S/C14H14F4O3/c1-2-21-11(20)6-4-3-5-10(19)8-7-9(15)13(17)14(18)12(8)16/h7H,2-6H2,1H3. The van der Waals surface area contributed by atoms with E-state index in [1.807, 2.05) is 0 Å². The van der Waals surface area contributed by atoms with Crippen LogP contribution in [0.5, 0.6) is 0 Å². The maximum atomic E-state index is 13.4. The van der Waals surface area contributed by atoms with Crippen LogP contribution in [-0.2, 0) is 9.53 Å². The summed E-state index contributed by atoms with van der Waals surface area (Å²) in [5.74, 6) is -8.56. The van der Waals surface area contributed by atoms with Crippen molar-refractivity contribution in [2.75, 3.05) is 6.61 Å². The highest BCUT2D eigenvalue weighted by atomic mass is 19.2. The normalized spacial score (nSPS) is 10.5. The minimum absolute atomic E-state index is 0.0930. The SMILES string of the molecule is CCOC(=O)CCCCC(=O)c1cc(F)c(F)c(F)c1F. The Morgan fingerprint density at radius 3 is 2.24 bits per heavy atom. The van der Waals surface area contributed by atoms with Gasteiger partial charge in [-0.05, 0) is 25.8 Å². The number of hydrogen-bond donors (Lipinski definition) is 0. The highest BCUT2D eigenvalue weighted by Gasteiger charge is 2.22. The van der Waals surface area contributed by atoms with Crippen LogP contribution < -0.4 is 0 Å². The fraction of sp³-hybridized carbons (Fsp3) is 0.429. The van der Waals surface area contributed by atoms with Gasteiger partial charge in [-0.1, -0.05) is 0 Å². The molecule has 0 unspecified atom stereocenters. The van der Waals surface area contributed by atoms with Crippen molar-refractivity contribution in [2.24, 2.45) is 0 Å². The summed E-state index contributed by atoms with van der Waals surface area (Å²) in [6.45, 7) is 1.90. The van der Waals surface area contributed by atoms with Crippen molar-refractivity contribution >= 4 is 11.8 Å². The van der Waals surface area contributed by atoms with E-state index in [-0.39, 0.29) is 25.9 Å². The van der Waals surface area contributed by atoms with Gasteiger partial charge in [0.05, 0.1) is 12.2 Å². The predicted octanol–water partition coefficient (Wildman–Crippen LogP) is 3.55. The van der Waals surface area contributed by atoms with Crippen LogP contribution in [0.15, 0.2) is 6.07 Å². The van der Waals surface area contributed by atoms with Gasteiger partial charge in [-0.25, -0.2) is 17.6 Å². The van der Waals surface area contributed by atoms with Crippen LogP contribution >= 0.6 is 0 Å². The zero-order chi connectivity index (χ0) is 16.0. The van der Waals surface area contributed by atoms with Gasteiger partial charge in [-0.2, -0.15) is 0 Å². The molecule has 116 valence electrons. The monoisotopic (exact) mass is 306 g/mol. The lowest BCUT2D eigenvalue weighted by atomic mass is 10.0. The van der Waals surface area contributed by atoms with E-state index in [1.54, 1.807) is 6.92 Å². The molecular formula is C14H14F4O3. The summed E-state index contributed by atoms with van der Waals surface area (Å²) in [5, 5.41) is 0. The number of carbonyl (C=O) groups excluding carboxylic acids is 2. The molecule has 0 amide bonds. The Kier molecular flexibility index (Phi) is 6.33. The molecule has 0 aromatic heterocycles. The van der Waals surface area contributed by atoms with E-state index in [9.17, 15) is 27.2 Å². The molecule has 0 bridgehead atoms. The Morgan fingerprint density at radius 1 is 1.00 bits per heavy atom. The zero-order valence-corrected chi connectivity index (χ0v) is 11.3. The molecule has 1 aromatic rings. The number of rotatable bonds is 7. The second kappa shape index (κ2) is 7.75. The lowest BCUT2D eigenvalue weighted by Gasteiger charge is -2.05. The first-order valence-corrected chi connectivity index (χ1v) is 6.40. The number of ketones is 1. The van der Waals surface area contributed by atoms with Crippen LogP contribution in [0.3, 0.4) is 0 Å². The van der Waals surface area contributed by atoms with Gasteiger partial charge in [-0.3, -0.25) is 9.59 Å². The molecule has 0 N–H and O–H groups in total. The number of hydrogen-bond acceptors (Lipinski definition) is 3. The van der Waals surface area contributed by atoms with Crippen LogP contribution in [0, 0.1) is 23.3 Å². The second-order valence-corrected chi connectivity index (χ2v) is 4.28. The average molecular weight is 306 g/mol. The molecule has 0 aliphatic carbocycles. The molecular weight excluding hydrogens is 292 g/mol. The van der Waals surface area contributed by atoms with Gasteiger partial charge in [-0.15, -0.1) is 0 Å². The average Bonchev–Trinajstić information content (AvgIpc) is 2.45. The highest BCUT2D eigenvalue weighted by molar-refractivity contribution is 5.96. The maximum absolute atomic E-state index is 13.4. The van der Waals surface area contributed by atoms with E-state index in [2.05, 4.69) is 4.74 Å². The van der Waals surface area contributed by atoms with E-state index in [4.69, 9.17) is 0 Å². The summed E-state index contributed by atoms with van der Waals surface area (Å²) in [7, 11) is 0. The van der Waals surface area contributed by atoms with Crippen molar-refractivity contribution < 1.29 is 31.9 Å². The quantitative estimate of drug-likeness (QED) is 0.193. The molecule has 1 rings (SSSR count). The first kappa shape index (κ1) is 17.1. The van der Waals surface area contributed by atoms with Crippen molar-refractivity contribution in [3.05, 3.63) is 34.9 Å². The molecule has 0 saturated carbocycles. The maximum Gasteiger partial charge on any atom is 0.305 e. The predicted molar refractivity (Wildman–Crippen MR) is 65.7 cm³/mol. The Bertz CT molecular complexity index is 544. The van der Waals surface area contributed by atoms with Gasteiger partial charge >= 0.3 is 5.97 Å². The second-order valence-electron chi connectivity index (χ2n) is 4.28. The topological polar surface area (TPSA) is 43.4 Å². The third-order valence-electron chi connectivity index (χ3n) is 2.74. The van der Waals surface area contributed by atoms with Gasteiger partial charge < -0.3 is 4.74 Å².